The van der Waals surface area contributed by atoms with Gasteiger partial charge in [0.05, 0.1) is 21.3 Å². The second-order valence-electron chi connectivity index (χ2n) is 10.3. The zero-order chi connectivity index (χ0) is 26.8. The first-order valence-electron chi connectivity index (χ1n) is 13.3. The Kier molecular flexibility index (Phi) is 7.54. The van der Waals surface area contributed by atoms with Crippen molar-refractivity contribution in [1.82, 2.24) is 0 Å². The van der Waals surface area contributed by atoms with E-state index >= 15 is 0 Å². The topological polar surface area (TPSA) is 83.4 Å². The number of hydrogen-bond acceptors (Lipinski definition) is 7. The largest absolute Gasteiger partial charge is 0.497 e. The molecule has 200 valence electrons. The van der Waals surface area contributed by atoms with Gasteiger partial charge in [-0.15, -0.1) is 0 Å². The summed E-state index contributed by atoms with van der Waals surface area (Å²) in [5.74, 6) is 0.394. The van der Waals surface area contributed by atoms with E-state index in [1.54, 1.807) is 21.3 Å². The Bertz CT molecular complexity index is 1270. The maximum Gasteiger partial charge on any atom is 0.315 e. The van der Waals surface area contributed by atoms with Crippen molar-refractivity contribution in [3.05, 3.63) is 64.9 Å². The standard InChI is InChI=1S/C31H35NO6/c1-18-28(31(34)38-22-7-5-6-8-22)29(24-17-23(36-3)13-14-27(24)37-4)30-25(32-18)15-20(16-26(30)33)19-9-11-21(35-2)12-10-19/h9-14,17,20,22,28-29H,5-8,15-16H2,1-4H3/t20-,28?,29-/m1/s1. The number of hydrogen-bond donors (Lipinski definition) is 0. The molecule has 7 heteroatoms. The number of rotatable bonds is 7. The highest BCUT2D eigenvalue weighted by atomic mass is 16.5. The monoisotopic (exact) mass is 517 g/mol. The van der Waals surface area contributed by atoms with Crippen LogP contribution in [0.15, 0.2) is 58.7 Å². The first-order valence-corrected chi connectivity index (χ1v) is 13.3. The molecule has 38 heavy (non-hydrogen) atoms. The van der Waals surface area contributed by atoms with Gasteiger partial charge in [0.25, 0.3) is 0 Å². The molecule has 7 nitrogen and oxygen atoms in total. The van der Waals surface area contributed by atoms with Crippen molar-refractivity contribution >= 4 is 17.5 Å². The number of esters is 1. The molecule has 0 N–H and O–H groups in total. The van der Waals surface area contributed by atoms with Crippen molar-refractivity contribution in [1.29, 1.82) is 0 Å². The Hall–Kier alpha value is -3.61. The summed E-state index contributed by atoms with van der Waals surface area (Å²) in [5.41, 5.74) is 3.78. The summed E-state index contributed by atoms with van der Waals surface area (Å²) < 4.78 is 22.5. The number of ketones is 1. The lowest BCUT2D eigenvalue weighted by molar-refractivity contribution is -0.151. The molecule has 1 saturated carbocycles. The minimum atomic E-state index is -0.711. The zero-order valence-corrected chi connectivity index (χ0v) is 22.5. The van der Waals surface area contributed by atoms with Gasteiger partial charge in [-0.05, 0) is 80.8 Å². The number of allylic oxidation sites excluding steroid dienone is 2. The van der Waals surface area contributed by atoms with Gasteiger partial charge in [0.15, 0.2) is 5.78 Å². The third-order valence-electron chi connectivity index (χ3n) is 8.09. The Morgan fingerprint density at radius 2 is 1.58 bits per heavy atom. The van der Waals surface area contributed by atoms with E-state index in [2.05, 4.69) is 0 Å². The van der Waals surface area contributed by atoms with Crippen LogP contribution >= 0.6 is 0 Å². The first-order chi connectivity index (χ1) is 18.4. The molecule has 0 saturated heterocycles. The molecule has 2 aromatic carbocycles. The molecular formula is C31H35NO6. The number of carbonyl (C=O) groups is 2. The van der Waals surface area contributed by atoms with E-state index in [0.717, 1.165) is 48.3 Å². The van der Waals surface area contributed by atoms with Crippen molar-refractivity contribution in [2.45, 2.75) is 63.4 Å². The number of benzene rings is 2. The van der Waals surface area contributed by atoms with Gasteiger partial charge in [-0.25, -0.2) is 0 Å². The third-order valence-corrected chi connectivity index (χ3v) is 8.09. The lowest BCUT2D eigenvalue weighted by atomic mass is 9.69. The van der Waals surface area contributed by atoms with E-state index in [0.29, 0.717) is 35.6 Å². The first kappa shape index (κ1) is 26.0. The number of Topliss-reactive ketones (excluding diaryl/α,β-unsaturated/α-hetero) is 1. The van der Waals surface area contributed by atoms with Gasteiger partial charge in [0, 0.05) is 34.9 Å². The fraction of sp³-hybridized carbons (Fsp3) is 0.452. The Morgan fingerprint density at radius 1 is 0.895 bits per heavy atom. The van der Waals surface area contributed by atoms with Gasteiger partial charge in [-0.1, -0.05) is 12.1 Å². The Labute approximate surface area is 223 Å². The molecule has 1 heterocycles. The van der Waals surface area contributed by atoms with Crippen LogP contribution in [0.25, 0.3) is 0 Å². The van der Waals surface area contributed by atoms with Crippen molar-refractivity contribution in [2.75, 3.05) is 21.3 Å². The number of ether oxygens (including phenoxy) is 4. The van der Waals surface area contributed by atoms with Crippen molar-refractivity contribution in [3.63, 3.8) is 0 Å². The molecule has 1 unspecified atom stereocenters. The highest BCUT2D eigenvalue weighted by molar-refractivity contribution is 6.09. The number of methoxy groups -OCH3 is 3. The van der Waals surface area contributed by atoms with Crippen LogP contribution in [-0.4, -0.2) is 44.9 Å². The van der Waals surface area contributed by atoms with E-state index in [-0.39, 0.29) is 23.8 Å². The molecular weight excluding hydrogens is 482 g/mol. The maximum absolute atomic E-state index is 13.9. The van der Waals surface area contributed by atoms with Crippen LogP contribution in [0.1, 0.15) is 68.4 Å². The number of aliphatic imine (C=N–C) groups is 1. The van der Waals surface area contributed by atoms with Crippen LogP contribution in [0.2, 0.25) is 0 Å². The van der Waals surface area contributed by atoms with Crippen LogP contribution < -0.4 is 14.2 Å². The SMILES string of the molecule is COc1ccc([C@H]2CC(=O)C3=C(C2)N=C(C)C(C(=O)OC2CCCC2)[C@H]3c2cc(OC)ccc2OC)cc1. The minimum absolute atomic E-state index is 0.00134. The van der Waals surface area contributed by atoms with E-state index in [1.807, 2.05) is 49.4 Å². The molecule has 0 amide bonds. The third kappa shape index (κ3) is 4.94. The zero-order valence-electron chi connectivity index (χ0n) is 22.5. The van der Waals surface area contributed by atoms with Gasteiger partial charge in [0.1, 0.15) is 29.3 Å². The average molecular weight is 518 g/mol. The molecule has 0 aromatic heterocycles. The molecule has 0 bridgehead atoms. The lowest BCUT2D eigenvalue weighted by Crippen LogP contribution is -2.39. The predicted octanol–water partition coefficient (Wildman–Crippen LogP) is 5.77. The van der Waals surface area contributed by atoms with Crippen LogP contribution in [0, 0.1) is 5.92 Å². The summed E-state index contributed by atoms with van der Waals surface area (Å²) in [4.78, 5) is 32.5. The average Bonchev–Trinajstić information content (AvgIpc) is 3.44. The van der Waals surface area contributed by atoms with E-state index in [9.17, 15) is 9.59 Å². The molecule has 0 spiro atoms. The summed E-state index contributed by atoms with van der Waals surface area (Å²) in [7, 11) is 4.83. The fourth-order valence-electron chi connectivity index (χ4n) is 6.14. The number of nitrogens with zero attached hydrogens (tertiary/aromatic N) is 1. The van der Waals surface area contributed by atoms with Crippen LogP contribution in [-0.2, 0) is 14.3 Å². The second-order valence-corrected chi connectivity index (χ2v) is 10.3. The van der Waals surface area contributed by atoms with Gasteiger partial charge < -0.3 is 18.9 Å². The fourth-order valence-corrected chi connectivity index (χ4v) is 6.14. The summed E-state index contributed by atoms with van der Waals surface area (Å²) >= 11 is 0. The van der Waals surface area contributed by atoms with Gasteiger partial charge >= 0.3 is 5.97 Å². The van der Waals surface area contributed by atoms with Crippen molar-refractivity contribution in [3.8, 4) is 17.2 Å². The molecule has 1 fully saturated rings. The highest BCUT2D eigenvalue weighted by Crippen LogP contribution is 2.49. The van der Waals surface area contributed by atoms with Crippen molar-refractivity contribution in [2.24, 2.45) is 10.9 Å². The second kappa shape index (κ2) is 11.0. The van der Waals surface area contributed by atoms with Gasteiger partial charge in [0.2, 0.25) is 0 Å². The summed E-state index contributed by atoms with van der Waals surface area (Å²) in [6, 6.07) is 13.3. The normalized spacial score (nSPS) is 23.5. The quantitative estimate of drug-likeness (QED) is 0.434. The van der Waals surface area contributed by atoms with E-state index in [1.165, 1.54) is 0 Å². The molecule has 2 aliphatic carbocycles. The van der Waals surface area contributed by atoms with E-state index < -0.39 is 11.8 Å². The molecule has 5 rings (SSSR count). The van der Waals surface area contributed by atoms with E-state index in [4.69, 9.17) is 23.9 Å². The Morgan fingerprint density at radius 3 is 2.24 bits per heavy atom. The molecule has 3 atom stereocenters. The van der Waals surface area contributed by atoms with Crippen LogP contribution in [0.4, 0.5) is 0 Å². The molecule has 3 aliphatic rings. The van der Waals surface area contributed by atoms with Crippen molar-refractivity contribution < 1.29 is 28.5 Å². The van der Waals surface area contributed by atoms with Crippen LogP contribution in [0.3, 0.4) is 0 Å². The highest BCUT2D eigenvalue weighted by Gasteiger charge is 2.46. The molecule has 1 aliphatic heterocycles. The number of carbonyl (C=O) groups excluding carboxylic acids is 2. The summed E-state index contributed by atoms with van der Waals surface area (Å²) in [6.45, 7) is 1.87. The lowest BCUT2D eigenvalue weighted by Gasteiger charge is -2.37. The van der Waals surface area contributed by atoms with Crippen LogP contribution in [0.5, 0.6) is 17.2 Å². The summed E-state index contributed by atoms with van der Waals surface area (Å²) in [5, 5.41) is 0. The maximum atomic E-state index is 13.9. The van der Waals surface area contributed by atoms with Gasteiger partial charge in [-0.2, -0.15) is 0 Å². The smallest absolute Gasteiger partial charge is 0.315 e. The Balaban J connectivity index is 1.58. The van der Waals surface area contributed by atoms with Gasteiger partial charge in [-0.3, -0.25) is 14.6 Å². The summed E-state index contributed by atoms with van der Waals surface area (Å²) in [6.07, 6.45) is 4.73. The predicted molar refractivity (Wildman–Crippen MR) is 144 cm³/mol. The minimum Gasteiger partial charge on any atom is -0.497 e. The molecule has 0 radical (unpaired) electrons. The molecule has 2 aromatic rings.